The van der Waals surface area contributed by atoms with Gasteiger partial charge >= 0.3 is 0 Å². The van der Waals surface area contributed by atoms with Crippen molar-refractivity contribution in [2.45, 2.75) is 6.54 Å². The first-order valence-electron chi connectivity index (χ1n) is 2.65. The molecule has 0 aliphatic heterocycles. The highest BCUT2D eigenvalue weighted by molar-refractivity contribution is 5.88. The summed E-state index contributed by atoms with van der Waals surface area (Å²) < 4.78 is 0. The minimum absolute atomic E-state index is 0.0274. The number of nitrogens with one attached hydrogen (secondary N) is 1. The highest BCUT2D eigenvalue weighted by atomic mass is 16.1. The molecule has 0 aliphatic carbocycles. The standard InChI is InChI=1S/C4H7N5O/c5-1-2-7-4(3(6)10)9-8-2/h1,5H2,(H2,6,10)(H,7,8,9). The van der Waals surface area contributed by atoms with Gasteiger partial charge in [0.15, 0.2) is 0 Å². The number of rotatable bonds is 2. The van der Waals surface area contributed by atoms with Crippen molar-refractivity contribution in [1.29, 1.82) is 0 Å². The Morgan fingerprint density at radius 2 is 2.40 bits per heavy atom. The van der Waals surface area contributed by atoms with E-state index < -0.39 is 5.91 Å². The molecule has 1 amide bonds. The Hall–Kier alpha value is -1.43. The molecule has 0 aromatic carbocycles. The van der Waals surface area contributed by atoms with E-state index in [1.54, 1.807) is 0 Å². The Labute approximate surface area is 56.6 Å². The summed E-state index contributed by atoms with van der Waals surface area (Å²) in [6.07, 6.45) is 0. The number of carbonyl (C=O) groups excluding carboxylic acids is 1. The Balaban J connectivity index is 2.88. The highest BCUT2D eigenvalue weighted by Gasteiger charge is 2.05. The monoisotopic (exact) mass is 141 g/mol. The summed E-state index contributed by atoms with van der Waals surface area (Å²) in [5.74, 6) is -0.231. The number of carbonyl (C=O) groups is 1. The fourth-order valence-electron chi connectivity index (χ4n) is 0.497. The molecule has 0 bridgehead atoms. The molecule has 54 valence electrons. The van der Waals surface area contributed by atoms with Crippen molar-refractivity contribution in [3.05, 3.63) is 11.6 Å². The van der Waals surface area contributed by atoms with Crippen molar-refractivity contribution in [3.63, 3.8) is 0 Å². The molecule has 1 aromatic heterocycles. The first kappa shape index (κ1) is 6.69. The number of nitrogens with zero attached hydrogens (tertiary/aromatic N) is 2. The second kappa shape index (κ2) is 2.44. The van der Waals surface area contributed by atoms with Crippen LogP contribution in [-0.2, 0) is 6.54 Å². The lowest BCUT2D eigenvalue weighted by atomic mass is 10.6. The molecule has 0 aliphatic rings. The first-order valence-corrected chi connectivity index (χ1v) is 2.65. The molecule has 1 heterocycles. The molecule has 5 N–H and O–H groups in total. The fourth-order valence-corrected chi connectivity index (χ4v) is 0.497. The molecular weight excluding hydrogens is 134 g/mol. The van der Waals surface area contributed by atoms with E-state index in [4.69, 9.17) is 11.5 Å². The lowest BCUT2D eigenvalue weighted by Gasteiger charge is -1.81. The van der Waals surface area contributed by atoms with Crippen LogP contribution in [0, 0.1) is 0 Å². The van der Waals surface area contributed by atoms with Gasteiger partial charge in [-0.15, -0.1) is 5.10 Å². The van der Waals surface area contributed by atoms with E-state index in [1.165, 1.54) is 0 Å². The number of primary amides is 1. The van der Waals surface area contributed by atoms with Gasteiger partial charge in [-0.2, -0.15) is 0 Å². The molecule has 0 fully saturated rings. The summed E-state index contributed by atoms with van der Waals surface area (Å²) >= 11 is 0. The highest BCUT2D eigenvalue weighted by Crippen LogP contribution is 1.88. The number of amides is 1. The topological polar surface area (TPSA) is 111 Å². The van der Waals surface area contributed by atoms with Gasteiger partial charge in [0, 0.05) is 0 Å². The van der Waals surface area contributed by atoms with Crippen LogP contribution in [0.25, 0.3) is 0 Å². The van der Waals surface area contributed by atoms with Crippen LogP contribution in [-0.4, -0.2) is 21.1 Å². The summed E-state index contributed by atoms with van der Waals surface area (Å²) in [6.45, 7) is 0.222. The molecule has 0 saturated heterocycles. The lowest BCUT2D eigenvalue weighted by Crippen LogP contribution is -2.13. The molecule has 0 atom stereocenters. The Bertz CT molecular complexity index is 242. The third-order valence-electron chi connectivity index (χ3n) is 0.945. The third-order valence-corrected chi connectivity index (χ3v) is 0.945. The minimum atomic E-state index is -0.657. The van der Waals surface area contributed by atoms with Crippen LogP contribution < -0.4 is 11.5 Å². The maximum Gasteiger partial charge on any atom is 0.288 e. The fraction of sp³-hybridized carbons (Fsp3) is 0.250. The van der Waals surface area contributed by atoms with E-state index in [0.29, 0.717) is 5.82 Å². The second-order valence-electron chi connectivity index (χ2n) is 1.67. The van der Waals surface area contributed by atoms with Gasteiger partial charge < -0.3 is 11.5 Å². The van der Waals surface area contributed by atoms with Crippen molar-refractivity contribution >= 4 is 5.91 Å². The number of hydrogen-bond donors (Lipinski definition) is 3. The molecule has 1 aromatic rings. The third kappa shape index (κ3) is 1.11. The zero-order valence-corrected chi connectivity index (χ0v) is 5.16. The van der Waals surface area contributed by atoms with Gasteiger partial charge in [0.2, 0.25) is 5.82 Å². The number of nitrogens with two attached hydrogens (primary N) is 2. The van der Waals surface area contributed by atoms with Crippen molar-refractivity contribution < 1.29 is 4.79 Å². The molecule has 1 rings (SSSR count). The summed E-state index contributed by atoms with van der Waals surface area (Å²) in [7, 11) is 0. The lowest BCUT2D eigenvalue weighted by molar-refractivity contribution is 0.0991. The van der Waals surface area contributed by atoms with E-state index in [9.17, 15) is 4.79 Å². The van der Waals surface area contributed by atoms with Gasteiger partial charge in [0.1, 0.15) is 5.82 Å². The number of aromatic amines is 1. The van der Waals surface area contributed by atoms with E-state index in [-0.39, 0.29) is 12.4 Å². The Morgan fingerprint density at radius 3 is 2.70 bits per heavy atom. The van der Waals surface area contributed by atoms with Crippen molar-refractivity contribution in [1.82, 2.24) is 15.2 Å². The van der Waals surface area contributed by atoms with Crippen LogP contribution in [0.3, 0.4) is 0 Å². The maximum absolute atomic E-state index is 10.4. The number of hydrogen-bond acceptors (Lipinski definition) is 4. The largest absolute Gasteiger partial charge is 0.363 e. The van der Waals surface area contributed by atoms with Crippen molar-refractivity contribution in [2.24, 2.45) is 11.5 Å². The predicted molar refractivity (Wildman–Crippen MR) is 32.8 cm³/mol. The second-order valence-corrected chi connectivity index (χ2v) is 1.67. The number of H-pyrrole nitrogens is 1. The van der Waals surface area contributed by atoms with Gasteiger partial charge in [-0.1, -0.05) is 0 Å². The molecule has 0 saturated carbocycles. The number of aromatic nitrogens is 3. The van der Waals surface area contributed by atoms with E-state index in [1.807, 2.05) is 0 Å². The molecule has 10 heavy (non-hydrogen) atoms. The summed E-state index contributed by atoms with van der Waals surface area (Å²) in [6, 6.07) is 0. The van der Waals surface area contributed by atoms with Crippen LogP contribution in [0.5, 0.6) is 0 Å². The SMILES string of the molecule is NCc1nc(C(N)=O)n[nH]1. The van der Waals surface area contributed by atoms with E-state index in [0.717, 1.165) is 0 Å². The van der Waals surface area contributed by atoms with Crippen molar-refractivity contribution in [3.8, 4) is 0 Å². The zero-order valence-electron chi connectivity index (χ0n) is 5.16. The van der Waals surface area contributed by atoms with Crippen LogP contribution in [0.2, 0.25) is 0 Å². The quantitative estimate of drug-likeness (QED) is 0.458. The van der Waals surface area contributed by atoms with Gasteiger partial charge in [0.05, 0.1) is 6.54 Å². The Kier molecular flexibility index (Phi) is 1.63. The summed E-state index contributed by atoms with van der Waals surface area (Å²) in [4.78, 5) is 14.0. The van der Waals surface area contributed by atoms with E-state index >= 15 is 0 Å². The van der Waals surface area contributed by atoms with Gasteiger partial charge in [0.25, 0.3) is 5.91 Å². The van der Waals surface area contributed by atoms with Crippen molar-refractivity contribution in [2.75, 3.05) is 0 Å². The zero-order chi connectivity index (χ0) is 7.56. The van der Waals surface area contributed by atoms with Gasteiger partial charge in [-0.05, 0) is 0 Å². The molecular formula is C4H7N5O. The molecule has 6 heteroatoms. The van der Waals surface area contributed by atoms with E-state index in [2.05, 4.69) is 15.2 Å². The average Bonchev–Trinajstić information content (AvgIpc) is 2.34. The summed E-state index contributed by atoms with van der Waals surface area (Å²) in [5, 5.41) is 5.95. The molecule has 0 unspecified atom stereocenters. The average molecular weight is 141 g/mol. The van der Waals surface area contributed by atoms with Crippen LogP contribution in [0.4, 0.5) is 0 Å². The molecule has 6 nitrogen and oxygen atoms in total. The van der Waals surface area contributed by atoms with Crippen LogP contribution in [0.15, 0.2) is 0 Å². The van der Waals surface area contributed by atoms with Gasteiger partial charge in [-0.3, -0.25) is 9.89 Å². The smallest absolute Gasteiger partial charge is 0.288 e. The molecule has 0 spiro atoms. The summed E-state index contributed by atoms with van der Waals surface area (Å²) in [5.41, 5.74) is 10.0. The molecule has 0 radical (unpaired) electrons. The minimum Gasteiger partial charge on any atom is -0.363 e. The maximum atomic E-state index is 10.4. The van der Waals surface area contributed by atoms with Gasteiger partial charge in [-0.25, -0.2) is 4.98 Å². The van der Waals surface area contributed by atoms with Crippen LogP contribution in [0.1, 0.15) is 16.4 Å². The predicted octanol–water partition coefficient (Wildman–Crippen LogP) is -1.64. The first-order chi connectivity index (χ1) is 4.74. The van der Waals surface area contributed by atoms with Crippen LogP contribution >= 0.6 is 0 Å². The Morgan fingerprint density at radius 1 is 1.70 bits per heavy atom. The normalized spacial score (nSPS) is 9.70.